The Morgan fingerprint density at radius 3 is 3.17 bits per heavy atom. The van der Waals surface area contributed by atoms with E-state index in [1.807, 2.05) is 23.9 Å². The van der Waals surface area contributed by atoms with E-state index in [9.17, 15) is 4.79 Å². The van der Waals surface area contributed by atoms with Crippen molar-refractivity contribution in [3.8, 4) is 5.75 Å². The second-order valence-electron chi connectivity index (χ2n) is 6.26. The Bertz CT molecular complexity index is 788. The summed E-state index contributed by atoms with van der Waals surface area (Å²) in [5.41, 5.74) is 1.31. The summed E-state index contributed by atoms with van der Waals surface area (Å²) in [5, 5.41) is 1.52. The van der Waals surface area contributed by atoms with Crippen LogP contribution in [0.5, 0.6) is 5.75 Å². The van der Waals surface area contributed by atoms with Crippen molar-refractivity contribution in [2.75, 3.05) is 32.6 Å². The molecule has 2 aromatic rings. The van der Waals surface area contributed by atoms with Gasteiger partial charge in [-0.3, -0.25) is 4.90 Å². The Balaban J connectivity index is 1.67. The number of rotatable bonds is 3. The lowest BCUT2D eigenvalue weighted by atomic mass is 10.0. The van der Waals surface area contributed by atoms with E-state index in [0.717, 1.165) is 49.4 Å². The molecule has 0 amide bonds. The Morgan fingerprint density at radius 2 is 2.29 bits per heavy atom. The van der Waals surface area contributed by atoms with Crippen LogP contribution in [-0.4, -0.2) is 48.8 Å². The maximum absolute atomic E-state index is 12.0. The molecule has 2 fully saturated rings. The quantitative estimate of drug-likeness (QED) is 0.795. The average Bonchev–Trinajstić information content (AvgIpc) is 2.61. The highest BCUT2D eigenvalue weighted by atomic mass is 32.2. The van der Waals surface area contributed by atoms with E-state index in [0.29, 0.717) is 22.6 Å². The van der Waals surface area contributed by atoms with Gasteiger partial charge in [0, 0.05) is 54.3 Å². The number of ether oxygens (including phenoxy) is 2. The predicted octanol–water partition coefficient (Wildman–Crippen LogP) is 2.51. The topological polar surface area (TPSA) is 51.9 Å². The number of nitrogens with zero attached hydrogens (tertiary/aromatic N) is 1. The van der Waals surface area contributed by atoms with Crippen LogP contribution in [0.2, 0.25) is 0 Å². The summed E-state index contributed by atoms with van der Waals surface area (Å²) in [6.07, 6.45) is 1.06. The zero-order valence-corrected chi connectivity index (χ0v) is 14.5. The third-order valence-corrected chi connectivity index (χ3v) is 6.16. The lowest BCUT2D eigenvalue weighted by Crippen LogP contribution is -2.51. The van der Waals surface area contributed by atoms with Gasteiger partial charge in [0.05, 0.1) is 13.7 Å². The third kappa shape index (κ3) is 3.06. The van der Waals surface area contributed by atoms with Crippen LogP contribution in [0.3, 0.4) is 0 Å². The van der Waals surface area contributed by atoms with Gasteiger partial charge in [-0.2, -0.15) is 11.8 Å². The van der Waals surface area contributed by atoms with Crippen molar-refractivity contribution in [3.63, 3.8) is 0 Å². The maximum atomic E-state index is 12.0. The lowest BCUT2D eigenvalue weighted by molar-refractivity contribution is 0.0352. The van der Waals surface area contributed by atoms with Crippen molar-refractivity contribution in [3.05, 3.63) is 40.2 Å². The van der Waals surface area contributed by atoms with E-state index in [1.165, 1.54) is 0 Å². The van der Waals surface area contributed by atoms with Gasteiger partial charge in [-0.1, -0.05) is 0 Å². The predicted molar refractivity (Wildman–Crippen MR) is 94.9 cm³/mol. The third-order valence-electron chi connectivity index (χ3n) is 4.86. The van der Waals surface area contributed by atoms with Crippen molar-refractivity contribution < 1.29 is 13.9 Å². The SMILES string of the molecule is COc1ccc2c(CN3CCS[C@@H]4COCC[C@H]43)cc(=O)oc2c1. The first-order valence-electron chi connectivity index (χ1n) is 8.29. The van der Waals surface area contributed by atoms with Crippen LogP contribution in [0.25, 0.3) is 11.0 Å². The first kappa shape index (κ1) is 16.0. The number of hydrogen-bond donors (Lipinski definition) is 0. The molecule has 0 saturated carbocycles. The molecule has 2 aliphatic rings. The number of thioether (sulfide) groups is 1. The van der Waals surface area contributed by atoms with E-state index in [1.54, 1.807) is 19.2 Å². The van der Waals surface area contributed by atoms with Crippen molar-refractivity contribution in [2.45, 2.75) is 24.3 Å². The van der Waals surface area contributed by atoms with Gasteiger partial charge in [0.15, 0.2) is 0 Å². The standard InChI is InChI=1S/C18H21NO4S/c1-21-13-2-3-14-12(8-18(20)23-16(14)9-13)10-19-5-7-24-17-11-22-6-4-15(17)19/h2-3,8-9,15,17H,4-7,10-11H2,1H3/t15-,17-/m1/s1. The minimum Gasteiger partial charge on any atom is -0.497 e. The van der Waals surface area contributed by atoms with Crippen LogP contribution >= 0.6 is 11.8 Å². The minimum absolute atomic E-state index is 0.305. The molecule has 6 heteroatoms. The number of hydrogen-bond acceptors (Lipinski definition) is 6. The van der Waals surface area contributed by atoms with Crippen molar-refractivity contribution in [2.24, 2.45) is 0 Å². The second-order valence-corrected chi connectivity index (χ2v) is 7.61. The molecule has 2 atom stereocenters. The van der Waals surface area contributed by atoms with E-state index >= 15 is 0 Å². The maximum Gasteiger partial charge on any atom is 0.336 e. The van der Waals surface area contributed by atoms with Gasteiger partial charge >= 0.3 is 5.63 Å². The van der Waals surface area contributed by atoms with E-state index in [4.69, 9.17) is 13.9 Å². The number of benzene rings is 1. The first-order valence-corrected chi connectivity index (χ1v) is 9.33. The Hall–Kier alpha value is -1.50. The summed E-state index contributed by atoms with van der Waals surface area (Å²) < 4.78 is 16.2. The molecule has 4 rings (SSSR count). The number of methoxy groups -OCH3 is 1. The molecule has 3 heterocycles. The van der Waals surface area contributed by atoms with E-state index < -0.39 is 0 Å². The molecule has 0 aliphatic carbocycles. The molecule has 1 aromatic carbocycles. The monoisotopic (exact) mass is 347 g/mol. The van der Waals surface area contributed by atoms with Crippen molar-refractivity contribution in [1.29, 1.82) is 0 Å². The molecular weight excluding hydrogens is 326 g/mol. The summed E-state index contributed by atoms with van der Waals surface area (Å²) in [7, 11) is 1.61. The molecule has 128 valence electrons. The molecular formula is C18H21NO4S. The van der Waals surface area contributed by atoms with Gasteiger partial charge in [-0.15, -0.1) is 0 Å². The second kappa shape index (κ2) is 6.78. The van der Waals surface area contributed by atoms with Gasteiger partial charge in [0.25, 0.3) is 0 Å². The highest BCUT2D eigenvalue weighted by Gasteiger charge is 2.34. The lowest BCUT2D eigenvalue weighted by Gasteiger charge is -2.43. The molecule has 1 aromatic heterocycles. The molecule has 0 bridgehead atoms. The molecule has 2 saturated heterocycles. The fraction of sp³-hybridized carbons (Fsp3) is 0.500. The average molecular weight is 347 g/mol. The highest BCUT2D eigenvalue weighted by Crippen LogP contribution is 2.32. The fourth-order valence-electron chi connectivity index (χ4n) is 3.65. The normalized spacial score (nSPS) is 24.7. The van der Waals surface area contributed by atoms with Gasteiger partial charge in [0.2, 0.25) is 0 Å². The summed E-state index contributed by atoms with van der Waals surface area (Å²) in [4.78, 5) is 14.5. The molecule has 0 radical (unpaired) electrons. The minimum atomic E-state index is -0.305. The van der Waals surface area contributed by atoms with Crippen LogP contribution in [0.1, 0.15) is 12.0 Å². The van der Waals surface area contributed by atoms with Gasteiger partial charge < -0.3 is 13.9 Å². The summed E-state index contributed by atoms with van der Waals surface area (Å²) >= 11 is 2.01. The largest absolute Gasteiger partial charge is 0.497 e. The summed E-state index contributed by atoms with van der Waals surface area (Å²) in [6, 6.07) is 7.83. The Morgan fingerprint density at radius 1 is 1.38 bits per heavy atom. The summed E-state index contributed by atoms with van der Waals surface area (Å²) in [6.45, 7) is 3.48. The smallest absolute Gasteiger partial charge is 0.336 e. The van der Waals surface area contributed by atoms with Crippen LogP contribution in [0.4, 0.5) is 0 Å². The van der Waals surface area contributed by atoms with Crippen LogP contribution < -0.4 is 10.4 Å². The molecule has 0 unspecified atom stereocenters. The van der Waals surface area contributed by atoms with Crippen molar-refractivity contribution >= 4 is 22.7 Å². The van der Waals surface area contributed by atoms with Gasteiger partial charge in [-0.05, 0) is 24.1 Å². The van der Waals surface area contributed by atoms with Crippen LogP contribution in [0, 0.1) is 0 Å². The molecule has 24 heavy (non-hydrogen) atoms. The Labute approximate surface area is 144 Å². The van der Waals surface area contributed by atoms with Crippen molar-refractivity contribution in [1.82, 2.24) is 4.90 Å². The van der Waals surface area contributed by atoms with Gasteiger partial charge in [-0.25, -0.2) is 4.79 Å². The van der Waals surface area contributed by atoms with E-state index in [2.05, 4.69) is 4.90 Å². The molecule has 0 N–H and O–H groups in total. The zero-order valence-electron chi connectivity index (χ0n) is 13.7. The van der Waals surface area contributed by atoms with Crippen LogP contribution in [-0.2, 0) is 11.3 Å². The zero-order chi connectivity index (χ0) is 16.5. The highest BCUT2D eigenvalue weighted by molar-refractivity contribution is 8.00. The molecule has 0 spiro atoms. The first-order chi connectivity index (χ1) is 11.7. The fourth-order valence-corrected chi connectivity index (χ4v) is 5.01. The molecule has 5 nitrogen and oxygen atoms in total. The van der Waals surface area contributed by atoms with Crippen LogP contribution in [0.15, 0.2) is 33.5 Å². The molecule has 2 aliphatic heterocycles. The number of fused-ring (bicyclic) bond motifs is 2. The van der Waals surface area contributed by atoms with E-state index in [-0.39, 0.29) is 5.63 Å². The summed E-state index contributed by atoms with van der Waals surface area (Å²) in [5.74, 6) is 1.80. The Kier molecular flexibility index (Phi) is 4.52. The van der Waals surface area contributed by atoms with Gasteiger partial charge in [0.1, 0.15) is 11.3 Å².